The molecule has 0 radical (unpaired) electrons. The van der Waals surface area contributed by atoms with Crippen molar-refractivity contribution in [1.82, 2.24) is 9.13 Å². The first kappa shape index (κ1) is 44.8. The van der Waals surface area contributed by atoms with E-state index in [1.54, 1.807) is 12.1 Å². The molecule has 346 valence electrons. The zero-order chi connectivity index (χ0) is 48.7. The zero-order valence-corrected chi connectivity index (χ0v) is 42.9. The summed E-state index contributed by atoms with van der Waals surface area (Å²) in [6, 6.07) is 56.7. The quantitative estimate of drug-likeness (QED) is 0.177. The van der Waals surface area contributed by atoms with Gasteiger partial charge in [0.2, 0.25) is 9.84 Å². The van der Waals surface area contributed by atoms with Crippen LogP contribution in [0.4, 0.5) is 0 Å². The average Bonchev–Trinajstić information content (AvgIpc) is 3.89. The fourth-order valence-electron chi connectivity index (χ4n) is 10.5. The van der Waals surface area contributed by atoms with Crippen molar-refractivity contribution in [2.24, 2.45) is 0 Å². The Kier molecular flexibility index (Phi) is 9.84. The summed E-state index contributed by atoms with van der Waals surface area (Å²) < 4.78 is 33.2. The molecule has 1 aliphatic heterocycles. The molecule has 3 heterocycles. The van der Waals surface area contributed by atoms with Crippen molar-refractivity contribution in [1.29, 1.82) is 0 Å². The van der Waals surface area contributed by atoms with Gasteiger partial charge in [-0.05, 0) is 163 Å². The summed E-state index contributed by atoms with van der Waals surface area (Å²) in [5, 5.41) is 4.98. The molecular formula is C64H62N2O2S. The molecule has 0 aliphatic carbocycles. The van der Waals surface area contributed by atoms with Crippen molar-refractivity contribution in [2.45, 2.75) is 115 Å². The minimum absolute atomic E-state index is 0.0100. The van der Waals surface area contributed by atoms with Crippen molar-refractivity contribution < 1.29 is 8.42 Å². The predicted molar refractivity (Wildman–Crippen MR) is 292 cm³/mol. The van der Waals surface area contributed by atoms with Crippen LogP contribution >= 0.6 is 0 Å². The number of benzene rings is 8. The molecule has 0 saturated carbocycles. The summed E-state index contributed by atoms with van der Waals surface area (Å²) in [4.78, 5) is 0.703. The Labute approximate surface area is 408 Å². The van der Waals surface area contributed by atoms with Gasteiger partial charge in [-0.2, -0.15) is 0 Å². The van der Waals surface area contributed by atoms with E-state index in [0.29, 0.717) is 9.79 Å². The third kappa shape index (κ3) is 7.35. The fraction of sp³-hybridized carbons (Fsp3) is 0.250. The molecule has 0 fully saturated rings. The number of fused-ring (bicyclic) bond motifs is 9. The van der Waals surface area contributed by atoms with Gasteiger partial charge >= 0.3 is 0 Å². The van der Waals surface area contributed by atoms with Gasteiger partial charge in [0.05, 0.1) is 31.9 Å². The van der Waals surface area contributed by atoms with Crippen LogP contribution in [0, 0.1) is 0 Å². The van der Waals surface area contributed by atoms with E-state index in [1.165, 1.54) is 43.8 Å². The number of aromatic nitrogens is 2. The van der Waals surface area contributed by atoms with Gasteiger partial charge in [-0.15, -0.1) is 0 Å². The van der Waals surface area contributed by atoms with Crippen LogP contribution in [0.3, 0.4) is 0 Å². The van der Waals surface area contributed by atoms with Gasteiger partial charge in [0.1, 0.15) is 0 Å². The van der Waals surface area contributed by atoms with E-state index in [0.717, 1.165) is 66.8 Å². The summed E-state index contributed by atoms with van der Waals surface area (Å²) in [6.07, 6.45) is 0. The first-order chi connectivity index (χ1) is 32.5. The number of hydrogen-bond donors (Lipinski definition) is 0. The van der Waals surface area contributed by atoms with Gasteiger partial charge in [0.25, 0.3) is 0 Å². The third-order valence-corrected chi connectivity index (χ3v) is 16.6. The molecule has 5 heteroatoms. The second-order valence-corrected chi connectivity index (χ2v) is 25.5. The maximum absolute atomic E-state index is 14.2. The molecule has 1 aliphatic rings. The van der Waals surface area contributed by atoms with Crippen molar-refractivity contribution in [3.8, 4) is 44.8 Å². The van der Waals surface area contributed by atoms with Crippen LogP contribution in [-0.4, -0.2) is 17.6 Å². The van der Waals surface area contributed by atoms with Crippen molar-refractivity contribution >= 4 is 53.4 Å². The number of rotatable bonds is 4. The van der Waals surface area contributed by atoms with Gasteiger partial charge in [-0.25, -0.2) is 8.42 Å². The molecule has 0 saturated heterocycles. The van der Waals surface area contributed by atoms with Crippen LogP contribution in [0.15, 0.2) is 168 Å². The predicted octanol–water partition coefficient (Wildman–Crippen LogP) is 17.2. The maximum Gasteiger partial charge on any atom is 0.207 e. The minimum atomic E-state index is -3.71. The molecule has 0 atom stereocenters. The first-order valence-corrected chi connectivity index (χ1v) is 25.9. The van der Waals surface area contributed by atoms with Gasteiger partial charge in [-0.3, -0.25) is 0 Å². The molecule has 0 N–H and O–H groups in total. The summed E-state index contributed by atoms with van der Waals surface area (Å²) >= 11 is 0. The molecule has 69 heavy (non-hydrogen) atoms. The van der Waals surface area contributed by atoms with Crippen molar-refractivity contribution in [3.05, 3.63) is 180 Å². The highest BCUT2D eigenvalue weighted by Gasteiger charge is 2.34. The Balaban J connectivity index is 1.01. The summed E-state index contributed by atoms with van der Waals surface area (Å²) in [6.45, 7) is 27.3. The van der Waals surface area contributed by atoms with Crippen molar-refractivity contribution in [3.63, 3.8) is 0 Å². The van der Waals surface area contributed by atoms with Crippen LogP contribution in [0.2, 0.25) is 0 Å². The first-order valence-electron chi connectivity index (χ1n) is 24.4. The van der Waals surface area contributed by atoms with Gasteiger partial charge in [0, 0.05) is 44.0 Å². The van der Waals surface area contributed by atoms with E-state index >= 15 is 0 Å². The number of hydrogen-bond acceptors (Lipinski definition) is 2. The SMILES string of the molecule is CC(C)(C)c1ccc2c(c1)c1cc(C(C)(C)C)ccc1n2-c1cccc(-c2ccc3c(c2)-c2cc(-c4cccc(-n5c6ccc(C(C)(C)C)cc6c6cc(C(C)(C)C)ccc65)c4)ccc2S3(=O)=O)c1. The lowest BCUT2D eigenvalue weighted by Gasteiger charge is -2.19. The number of sulfone groups is 1. The fourth-order valence-corrected chi connectivity index (χ4v) is 12.2. The Morgan fingerprint density at radius 1 is 0.319 bits per heavy atom. The second kappa shape index (κ2) is 15.2. The summed E-state index contributed by atoms with van der Waals surface area (Å²) in [7, 11) is -3.71. The maximum atomic E-state index is 14.2. The average molecular weight is 923 g/mol. The highest BCUT2D eigenvalue weighted by molar-refractivity contribution is 7.92. The summed E-state index contributed by atoms with van der Waals surface area (Å²) in [5.74, 6) is 0. The lowest BCUT2D eigenvalue weighted by Crippen LogP contribution is -2.10. The molecule has 8 aromatic carbocycles. The molecule has 0 bridgehead atoms. The molecule has 0 unspecified atom stereocenters. The Bertz CT molecular complexity index is 3500. The molecule has 11 rings (SSSR count). The number of nitrogens with zero attached hydrogens (tertiary/aromatic N) is 2. The Morgan fingerprint density at radius 2 is 0.609 bits per heavy atom. The smallest absolute Gasteiger partial charge is 0.207 e. The molecule has 10 aromatic rings. The van der Waals surface area contributed by atoms with E-state index in [2.05, 4.69) is 226 Å². The topological polar surface area (TPSA) is 44.0 Å². The molecule has 2 aromatic heterocycles. The lowest BCUT2D eigenvalue weighted by atomic mass is 9.85. The highest BCUT2D eigenvalue weighted by Crippen LogP contribution is 2.47. The van der Waals surface area contributed by atoms with Crippen molar-refractivity contribution in [2.75, 3.05) is 0 Å². The van der Waals surface area contributed by atoms with E-state index in [4.69, 9.17) is 0 Å². The molecule has 0 amide bonds. The molecule has 4 nitrogen and oxygen atoms in total. The van der Waals surface area contributed by atoms with E-state index in [9.17, 15) is 8.42 Å². The largest absolute Gasteiger partial charge is 0.309 e. The van der Waals surface area contributed by atoms with Crippen LogP contribution in [0.5, 0.6) is 0 Å². The normalized spacial score (nSPS) is 14.0. The molecule has 0 spiro atoms. The van der Waals surface area contributed by atoms with E-state index < -0.39 is 9.84 Å². The van der Waals surface area contributed by atoms with Crippen LogP contribution in [0.25, 0.3) is 88.4 Å². The summed E-state index contributed by atoms with van der Waals surface area (Å²) in [5.41, 5.74) is 17.5. The minimum Gasteiger partial charge on any atom is -0.309 e. The van der Waals surface area contributed by atoms with Crippen LogP contribution < -0.4 is 0 Å². The third-order valence-electron chi connectivity index (χ3n) is 14.7. The van der Waals surface area contributed by atoms with E-state index in [-0.39, 0.29) is 21.7 Å². The monoisotopic (exact) mass is 922 g/mol. The zero-order valence-electron chi connectivity index (χ0n) is 42.1. The van der Waals surface area contributed by atoms with E-state index in [1.807, 2.05) is 12.1 Å². The lowest BCUT2D eigenvalue weighted by molar-refractivity contribution is 0.590. The molecular weight excluding hydrogens is 861 g/mol. The van der Waals surface area contributed by atoms with Crippen LogP contribution in [-0.2, 0) is 31.5 Å². The standard InChI is InChI=1S/C64H62N2O2S/c1-61(2,3)43-21-25-55-49(35-43)50-36-44(62(4,5)6)22-26-56(50)65(55)47-17-13-15-39(31-47)41-19-29-59-53(33-41)54-34-42(20-30-60(54)69(59,67)68)40-16-14-18-48(32-40)66-57-27-23-45(63(7,8)9)37-51(57)52-38-46(64(10,11)12)24-28-58(52)66/h13-38H,1-12H3. The van der Waals surface area contributed by atoms with Gasteiger partial charge in [0.15, 0.2) is 0 Å². The second-order valence-electron chi connectivity index (χ2n) is 23.6. The van der Waals surface area contributed by atoms with Gasteiger partial charge in [-0.1, -0.05) is 144 Å². The Hall–Kier alpha value is -6.69. The Morgan fingerprint density at radius 3 is 0.899 bits per heavy atom. The highest BCUT2D eigenvalue weighted by atomic mass is 32.2. The van der Waals surface area contributed by atoms with Gasteiger partial charge < -0.3 is 9.13 Å². The van der Waals surface area contributed by atoms with Crippen LogP contribution in [0.1, 0.15) is 105 Å².